The molecule has 4 aliphatic rings. The Kier molecular flexibility index (Phi) is 19.4. The second kappa shape index (κ2) is 23.9. The average molecular weight is 1010 g/mol. The van der Waals surface area contributed by atoms with Gasteiger partial charge in [-0.3, -0.25) is 14.4 Å². The van der Waals surface area contributed by atoms with Gasteiger partial charge in [-0.05, 0) is 109 Å². The first-order valence-electron chi connectivity index (χ1n) is 22.5. The highest BCUT2D eigenvalue weighted by atomic mass is 35.5. The highest BCUT2D eigenvalue weighted by Gasteiger charge is 2.46. The lowest BCUT2D eigenvalue weighted by Crippen LogP contribution is -2.46. The lowest BCUT2D eigenvalue weighted by atomic mass is 10.0. The maximum Gasteiger partial charge on any atom is 0.407 e. The van der Waals surface area contributed by atoms with Crippen molar-refractivity contribution >= 4 is 47.0 Å². The fraction of sp³-hybridized carbons (Fsp3) is 0.609. The molecule has 6 atom stereocenters. The van der Waals surface area contributed by atoms with Crippen LogP contribution in [0.5, 0.6) is 0 Å². The van der Waals surface area contributed by atoms with Gasteiger partial charge in [0.05, 0.1) is 12.1 Å². The van der Waals surface area contributed by atoms with E-state index in [0.29, 0.717) is 63.9 Å². The minimum atomic E-state index is -1.33. The lowest BCUT2D eigenvalue weighted by molar-refractivity contribution is -0.133. The van der Waals surface area contributed by atoms with Crippen molar-refractivity contribution in [2.24, 2.45) is 17.6 Å². The predicted molar refractivity (Wildman–Crippen MR) is 242 cm³/mol. The highest BCUT2D eigenvalue weighted by Crippen LogP contribution is 2.34. The molecule has 0 aromatic heterocycles. The number of nitrogens with two attached hydrogens (primary N) is 1. The molecule has 5 N–H and O–H groups in total. The fourth-order valence-corrected chi connectivity index (χ4v) is 9.07. The van der Waals surface area contributed by atoms with Crippen molar-refractivity contribution in [1.82, 2.24) is 35.6 Å². The lowest BCUT2D eigenvalue weighted by Gasteiger charge is -2.28. The zero-order valence-electron chi connectivity index (χ0n) is 40.0. The Balaban J connectivity index is 0.000000290. The van der Waals surface area contributed by atoms with Crippen molar-refractivity contribution in [3.05, 3.63) is 70.3 Å². The molecule has 7 amide bonds. The molecule has 4 aliphatic heterocycles. The van der Waals surface area contributed by atoms with E-state index in [4.69, 9.17) is 21.1 Å². The summed E-state index contributed by atoms with van der Waals surface area (Å²) in [6.45, 7) is 12.7. The van der Waals surface area contributed by atoms with Gasteiger partial charge in [0.2, 0.25) is 11.8 Å². The number of nitrogens with one attached hydrogen (secondary N) is 3. The van der Waals surface area contributed by atoms with Gasteiger partial charge in [0.1, 0.15) is 22.8 Å². The number of benzene rings is 2. The van der Waals surface area contributed by atoms with Crippen molar-refractivity contribution in [2.45, 2.75) is 115 Å². The van der Waals surface area contributed by atoms with E-state index < -0.39 is 75.7 Å². The molecule has 0 radical (unpaired) electrons. The first-order chi connectivity index (χ1) is 32.2. The highest BCUT2D eigenvalue weighted by molar-refractivity contribution is 6.62. The zero-order chi connectivity index (χ0) is 51.7. The topological polar surface area (TPSA) is 196 Å². The summed E-state index contributed by atoms with van der Waals surface area (Å²) in [6.07, 6.45) is -1.06. The van der Waals surface area contributed by atoms with Gasteiger partial charge in [0.25, 0.3) is 0 Å². The second-order valence-corrected chi connectivity index (χ2v) is 19.6. The molecule has 4 heterocycles. The smallest absolute Gasteiger partial charge is 0.407 e. The minimum Gasteiger partial charge on any atom is -0.444 e. The Labute approximate surface area is 402 Å². The summed E-state index contributed by atoms with van der Waals surface area (Å²) in [5, 5.41) is 7.12. The molecule has 4 saturated heterocycles. The summed E-state index contributed by atoms with van der Waals surface area (Å²) in [5.74, 6) is -7.38. The molecule has 0 bridgehead atoms. The molecule has 69 heavy (non-hydrogen) atoms. The van der Waals surface area contributed by atoms with Gasteiger partial charge in [-0.15, -0.1) is 0 Å². The van der Waals surface area contributed by atoms with Crippen LogP contribution >= 0.6 is 11.6 Å². The van der Waals surface area contributed by atoms with E-state index in [1.54, 1.807) is 63.3 Å². The number of carbonyl (C=O) groups excluding carboxylic acids is 6. The molecule has 2 aromatic carbocycles. The number of hydrogen-bond acceptors (Lipinski definition) is 9. The summed E-state index contributed by atoms with van der Waals surface area (Å²) in [5.41, 5.74) is 2.54. The Morgan fingerprint density at radius 1 is 0.623 bits per heavy atom. The van der Waals surface area contributed by atoms with E-state index in [1.165, 1.54) is 11.9 Å². The number of rotatable bonds is 10. The number of nitrogens with zero attached hydrogens (tertiary/aromatic N) is 4. The van der Waals surface area contributed by atoms with Crippen molar-refractivity contribution in [3.8, 4) is 0 Å². The largest absolute Gasteiger partial charge is 0.444 e. The molecule has 23 heteroatoms. The third-order valence-electron chi connectivity index (χ3n) is 11.9. The van der Waals surface area contributed by atoms with Crippen molar-refractivity contribution in [1.29, 1.82) is 0 Å². The maximum absolute atomic E-state index is 14.3. The van der Waals surface area contributed by atoms with E-state index >= 15 is 0 Å². The number of urea groups is 1. The Morgan fingerprint density at radius 2 is 0.986 bits per heavy atom. The summed E-state index contributed by atoms with van der Waals surface area (Å²) < 4.78 is 93.1. The van der Waals surface area contributed by atoms with E-state index in [9.17, 15) is 55.1 Å². The molecule has 16 nitrogen and oxygen atoms in total. The third-order valence-corrected chi connectivity index (χ3v) is 12.1. The van der Waals surface area contributed by atoms with Crippen LogP contribution in [0, 0.1) is 46.7 Å². The summed E-state index contributed by atoms with van der Waals surface area (Å²) in [7, 11) is 3.05. The Hall–Kier alpha value is -5.51. The fourth-order valence-electron chi connectivity index (χ4n) is 8.93. The third kappa shape index (κ3) is 15.7. The Morgan fingerprint density at radius 3 is 1.35 bits per heavy atom. The van der Waals surface area contributed by atoms with Crippen LogP contribution in [0.4, 0.5) is 45.5 Å². The summed E-state index contributed by atoms with van der Waals surface area (Å²) in [6, 6.07) is -0.0919. The average Bonchev–Trinajstić information content (AvgIpc) is 4.03. The van der Waals surface area contributed by atoms with E-state index in [1.807, 2.05) is 0 Å². The first-order valence-corrected chi connectivity index (χ1v) is 22.9. The number of alkyl carbamates (subject to hydrolysis) is 2. The number of fused-ring (bicyclic) bond motifs is 2. The van der Waals surface area contributed by atoms with Crippen molar-refractivity contribution < 1.29 is 64.6 Å². The molecule has 0 saturated carbocycles. The number of ether oxygens (including phenoxy) is 2. The molecule has 0 aliphatic carbocycles. The van der Waals surface area contributed by atoms with Crippen LogP contribution in [0.3, 0.4) is 0 Å². The van der Waals surface area contributed by atoms with Gasteiger partial charge >= 0.3 is 23.6 Å². The normalized spacial score (nSPS) is 20.3. The van der Waals surface area contributed by atoms with Crippen molar-refractivity contribution in [3.63, 3.8) is 0 Å². The van der Waals surface area contributed by atoms with Crippen molar-refractivity contribution in [2.75, 3.05) is 53.4 Å². The van der Waals surface area contributed by atoms with Crippen LogP contribution in [-0.4, -0.2) is 144 Å². The molecule has 0 spiro atoms. The van der Waals surface area contributed by atoms with E-state index in [-0.39, 0.29) is 78.6 Å². The molecule has 6 rings (SSSR count). The predicted octanol–water partition coefficient (Wildman–Crippen LogP) is 6.20. The van der Waals surface area contributed by atoms with E-state index in [0.717, 1.165) is 12.5 Å². The van der Waals surface area contributed by atoms with Crippen LogP contribution in [0.15, 0.2) is 24.3 Å². The number of amides is 7. The number of hydrogen-bond donors (Lipinski definition) is 4. The molecule has 0 unspecified atom stereocenters. The van der Waals surface area contributed by atoms with Crippen LogP contribution in [0.25, 0.3) is 0 Å². The first kappa shape index (κ1) is 56.1. The number of halogens is 7. The molecular weight excluding hydrogens is 942 g/mol. The van der Waals surface area contributed by atoms with Gasteiger partial charge in [0.15, 0.2) is 23.3 Å². The minimum absolute atomic E-state index is 0.109. The molecule has 4 fully saturated rings. The molecule has 2 aromatic rings. The quantitative estimate of drug-likeness (QED) is 0.0928. The summed E-state index contributed by atoms with van der Waals surface area (Å²) >= 11 is 5.58. The van der Waals surface area contributed by atoms with Crippen LogP contribution in [-0.2, 0) is 31.9 Å². The van der Waals surface area contributed by atoms with Gasteiger partial charge in [-0.1, -0.05) is 0 Å². The van der Waals surface area contributed by atoms with Crippen LogP contribution in [0.1, 0.15) is 78.4 Å². The monoisotopic (exact) mass is 1000 g/mol. The van der Waals surface area contributed by atoms with E-state index in [2.05, 4.69) is 21.7 Å². The summed E-state index contributed by atoms with van der Waals surface area (Å²) in [4.78, 5) is 80.9. The van der Waals surface area contributed by atoms with Gasteiger partial charge < -0.3 is 50.8 Å². The molecule has 384 valence electrons. The van der Waals surface area contributed by atoms with Gasteiger partial charge in [-0.25, -0.2) is 40.7 Å². The second-order valence-electron chi connectivity index (χ2n) is 19.2. The van der Waals surface area contributed by atoms with Crippen LogP contribution < -0.4 is 21.7 Å². The Bertz CT molecular complexity index is 2200. The SMILES string of the molecule is CC(C)(C)OC(=O)N[C@@H](CC(=O)N1CC[C@H]2CN(C(=O)Cl)C[C@H]21)Cc1cc(F)c(F)cc1F.CN.CNC(=O)N1C[C@@H]2CCN(C(=O)C[C@@H](Cc3cc(F)c(F)cc3F)NC(=O)OC(C)(C)C)[C@@H]2C1. The molecular formula is C46H63ClF6N8O8. The maximum atomic E-state index is 14.3. The van der Waals surface area contributed by atoms with Crippen LogP contribution in [0.2, 0.25) is 0 Å². The standard InChI is InChI=1S/C23H31F3N4O4.C22H27ClF3N3O4.CH5N/c1-23(2,3)34-22(33)28-15(7-14-8-17(25)18(26)10-16(14)24)9-20(31)30-6-5-13-11-29(12-19(13)30)21(32)27-4;1-22(2,3)33-21(32)27-14(6-13-7-16(25)17(26)9-15(13)24)8-19(30)29-5-4-12-10-28(20(23)31)11-18(12)29;1-2/h8,10,13,15,19H,5-7,9,11-12H2,1-4H3,(H,27,32)(H,28,33);7,9,12,14,18H,4-6,8,10-11H2,1-3H3,(H,27,32);2H2,1H3/t13-,15+,19+;12-,14+,18+;/m00./s1. The number of likely N-dealkylation sites (tertiary alicyclic amines) is 4. The van der Waals surface area contributed by atoms with Gasteiger partial charge in [0, 0.05) is 95.2 Å². The zero-order valence-corrected chi connectivity index (χ0v) is 40.8. The number of carbonyl (C=O) groups is 6. The van der Waals surface area contributed by atoms with Gasteiger partial charge in [-0.2, -0.15) is 0 Å².